The van der Waals surface area contributed by atoms with Crippen molar-refractivity contribution in [3.63, 3.8) is 0 Å². The zero-order valence-corrected chi connectivity index (χ0v) is 20.4. The van der Waals surface area contributed by atoms with E-state index in [1.54, 1.807) is 36.4 Å². The molecule has 1 heterocycles. The molecule has 1 atom stereocenters. The number of carbonyl (C=O) groups excluding carboxylic acids is 1. The number of alkyl halides is 3. The van der Waals surface area contributed by atoms with E-state index in [2.05, 4.69) is 15.0 Å². The zero-order chi connectivity index (χ0) is 26.9. The number of pyridine rings is 1. The van der Waals surface area contributed by atoms with Crippen molar-refractivity contribution < 1.29 is 35.5 Å². The van der Waals surface area contributed by atoms with Crippen LogP contribution >= 0.6 is 0 Å². The first kappa shape index (κ1) is 28.1. The van der Waals surface area contributed by atoms with Crippen LogP contribution in [-0.2, 0) is 40.3 Å². The molecule has 7 nitrogen and oxygen atoms in total. The maximum atomic E-state index is 14.2. The number of nitrogens with zero attached hydrogens (tertiary/aromatic N) is 1. The number of sulfonamides is 1. The van der Waals surface area contributed by atoms with Crippen LogP contribution in [0.25, 0.3) is 0 Å². The largest absolute Gasteiger partial charge is 0.445 e. The number of carbonyl (C=O) groups is 1. The number of aromatic nitrogens is 1. The Morgan fingerprint density at radius 1 is 1.00 bits per heavy atom. The predicted octanol–water partition coefficient (Wildman–Crippen LogP) is 4.24. The maximum absolute atomic E-state index is 14.2. The smallest absolute Gasteiger partial charge is 0.407 e. The third-order valence-electron chi connectivity index (χ3n) is 5.24. The monoisotopic (exact) mass is 539 g/mol. The lowest BCUT2D eigenvalue weighted by Crippen LogP contribution is -2.44. The van der Waals surface area contributed by atoms with Crippen LogP contribution in [0.1, 0.15) is 22.4 Å². The highest BCUT2D eigenvalue weighted by atomic mass is 32.2. The van der Waals surface area contributed by atoms with E-state index in [1.807, 2.05) is 0 Å². The fraction of sp³-hybridized carbons (Fsp3) is 0.280. The second-order valence-electron chi connectivity index (χ2n) is 8.19. The predicted molar refractivity (Wildman–Crippen MR) is 128 cm³/mol. The molecule has 0 aliphatic rings. The van der Waals surface area contributed by atoms with Gasteiger partial charge in [-0.25, -0.2) is 26.7 Å². The first-order chi connectivity index (χ1) is 17.6. The number of hydrogen-bond donors (Lipinski definition) is 2. The lowest BCUT2D eigenvalue weighted by atomic mass is 10.1. The van der Waals surface area contributed by atoms with E-state index in [-0.39, 0.29) is 30.7 Å². The Morgan fingerprint density at radius 3 is 2.35 bits per heavy atom. The SMILES string of the molecule is O=C(NC(Cc1ccccc1F)CS(=O)(=O)NCc1ccc(C(F)(F)CF)nc1)OCc1ccccc1. The van der Waals surface area contributed by atoms with Crippen LogP contribution in [0.4, 0.5) is 22.4 Å². The van der Waals surface area contributed by atoms with Gasteiger partial charge in [-0.1, -0.05) is 54.6 Å². The van der Waals surface area contributed by atoms with Crippen molar-refractivity contribution in [2.75, 3.05) is 12.4 Å². The summed E-state index contributed by atoms with van der Waals surface area (Å²) in [6.07, 6.45) is -0.00555. The number of amides is 1. The molecule has 0 spiro atoms. The minimum Gasteiger partial charge on any atom is -0.445 e. The van der Waals surface area contributed by atoms with E-state index in [0.717, 1.165) is 17.8 Å². The summed E-state index contributed by atoms with van der Waals surface area (Å²) >= 11 is 0. The van der Waals surface area contributed by atoms with E-state index < -0.39 is 52.0 Å². The van der Waals surface area contributed by atoms with Gasteiger partial charge in [-0.15, -0.1) is 0 Å². The van der Waals surface area contributed by atoms with Crippen molar-refractivity contribution in [3.05, 3.63) is 101 Å². The molecule has 1 aromatic heterocycles. The van der Waals surface area contributed by atoms with Crippen molar-refractivity contribution in [1.29, 1.82) is 0 Å². The molecule has 0 saturated carbocycles. The summed E-state index contributed by atoms with van der Waals surface area (Å²) in [6, 6.07) is 15.6. The molecule has 2 aromatic carbocycles. The molecule has 2 N–H and O–H groups in total. The van der Waals surface area contributed by atoms with E-state index >= 15 is 0 Å². The summed E-state index contributed by atoms with van der Waals surface area (Å²) in [5, 5.41) is 2.47. The van der Waals surface area contributed by atoms with E-state index in [4.69, 9.17) is 4.74 Å². The Hall–Kier alpha value is -3.51. The van der Waals surface area contributed by atoms with Crippen molar-refractivity contribution in [3.8, 4) is 0 Å². The van der Waals surface area contributed by atoms with E-state index in [0.29, 0.717) is 0 Å². The molecule has 0 bridgehead atoms. The van der Waals surface area contributed by atoms with Gasteiger partial charge in [0.15, 0.2) is 6.67 Å². The van der Waals surface area contributed by atoms with Gasteiger partial charge < -0.3 is 10.1 Å². The highest BCUT2D eigenvalue weighted by Gasteiger charge is 2.33. The minimum atomic E-state index is -4.05. The van der Waals surface area contributed by atoms with E-state index in [1.165, 1.54) is 24.3 Å². The molecule has 0 aliphatic heterocycles. The second kappa shape index (κ2) is 12.6. The molecule has 1 unspecified atom stereocenters. The third kappa shape index (κ3) is 8.83. The Bertz CT molecular complexity index is 1280. The van der Waals surface area contributed by atoms with Crippen LogP contribution < -0.4 is 10.0 Å². The van der Waals surface area contributed by atoms with Gasteiger partial charge in [0, 0.05) is 12.7 Å². The van der Waals surface area contributed by atoms with Gasteiger partial charge in [0.05, 0.1) is 11.8 Å². The van der Waals surface area contributed by atoms with E-state index in [9.17, 15) is 30.8 Å². The standard InChI is InChI=1S/C25H25F4N3O4S/c26-17-25(28,29)23-11-10-19(13-30-23)14-31-37(34,35)16-21(12-20-8-4-5-9-22(20)27)32-24(33)36-15-18-6-2-1-3-7-18/h1-11,13,21,31H,12,14-17H2,(H,32,33). The summed E-state index contributed by atoms with van der Waals surface area (Å²) in [7, 11) is -4.05. The van der Waals surface area contributed by atoms with Crippen molar-refractivity contribution in [1.82, 2.24) is 15.0 Å². The molecule has 12 heteroatoms. The van der Waals surface area contributed by atoms with Crippen molar-refractivity contribution >= 4 is 16.1 Å². The Kier molecular flexibility index (Phi) is 9.59. The van der Waals surface area contributed by atoms with Gasteiger partial charge in [0.25, 0.3) is 0 Å². The normalized spacial score (nSPS) is 12.6. The Morgan fingerprint density at radius 2 is 1.70 bits per heavy atom. The van der Waals surface area contributed by atoms with Crippen molar-refractivity contribution in [2.45, 2.75) is 31.5 Å². The number of rotatable bonds is 12. The number of nitrogens with one attached hydrogen (secondary N) is 2. The Labute approximate surface area is 211 Å². The quantitative estimate of drug-likeness (QED) is 0.336. The molecule has 0 aliphatic carbocycles. The van der Waals surface area contributed by atoms with Gasteiger partial charge in [0.2, 0.25) is 10.0 Å². The fourth-order valence-corrected chi connectivity index (χ4v) is 4.58. The van der Waals surface area contributed by atoms with Gasteiger partial charge in [0.1, 0.15) is 18.1 Å². The molecule has 198 valence electrons. The highest BCUT2D eigenvalue weighted by Crippen LogP contribution is 2.26. The third-order valence-corrected chi connectivity index (χ3v) is 6.67. The van der Waals surface area contributed by atoms with Crippen LogP contribution in [0.15, 0.2) is 72.9 Å². The summed E-state index contributed by atoms with van der Waals surface area (Å²) in [5.41, 5.74) is 0.397. The molecule has 1 amide bonds. The van der Waals surface area contributed by atoms with Gasteiger partial charge in [-0.05, 0) is 35.2 Å². The second-order valence-corrected chi connectivity index (χ2v) is 10.0. The van der Waals surface area contributed by atoms with Gasteiger partial charge >= 0.3 is 12.0 Å². The first-order valence-corrected chi connectivity index (χ1v) is 12.8. The highest BCUT2D eigenvalue weighted by molar-refractivity contribution is 7.89. The molecule has 3 rings (SSSR count). The lowest BCUT2D eigenvalue weighted by Gasteiger charge is -2.19. The summed E-state index contributed by atoms with van der Waals surface area (Å²) < 4.78 is 86.3. The van der Waals surface area contributed by atoms with Gasteiger partial charge in [-0.3, -0.25) is 4.98 Å². The molecule has 0 fully saturated rings. The maximum Gasteiger partial charge on any atom is 0.407 e. The molecule has 0 radical (unpaired) electrons. The molecular weight excluding hydrogens is 514 g/mol. The molecular formula is C25H25F4N3O4S. The summed E-state index contributed by atoms with van der Waals surface area (Å²) in [4.78, 5) is 15.9. The molecule has 37 heavy (non-hydrogen) atoms. The number of ether oxygens (including phenoxy) is 1. The summed E-state index contributed by atoms with van der Waals surface area (Å²) in [5.74, 6) is -4.92. The Balaban J connectivity index is 1.65. The number of halogens is 4. The van der Waals surface area contributed by atoms with Crippen LogP contribution in [-0.4, -0.2) is 38.0 Å². The number of hydrogen-bond acceptors (Lipinski definition) is 5. The van der Waals surface area contributed by atoms with Gasteiger partial charge in [-0.2, -0.15) is 8.78 Å². The van der Waals surface area contributed by atoms with Crippen LogP contribution in [0.3, 0.4) is 0 Å². The fourth-order valence-electron chi connectivity index (χ4n) is 3.34. The zero-order valence-electron chi connectivity index (χ0n) is 19.5. The topological polar surface area (TPSA) is 97.4 Å². The average Bonchev–Trinajstić information content (AvgIpc) is 2.88. The molecule has 3 aromatic rings. The number of alkyl carbamates (subject to hydrolysis) is 1. The summed E-state index contributed by atoms with van der Waals surface area (Å²) in [6.45, 7) is -2.24. The van der Waals surface area contributed by atoms with Crippen LogP contribution in [0, 0.1) is 5.82 Å². The first-order valence-electron chi connectivity index (χ1n) is 11.1. The molecule has 0 saturated heterocycles. The number of benzene rings is 2. The average molecular weight is 540 g/mol. The van der Waals surface area contributed by atoms with Crippen LogP contribution in [0.5, 0.6) is 0 Å². The van der Waals surface area contributed by atoms with Crippen LogP contribution in [0.2, 0.25) is 0 Å². The lowest BCUT2D eigenvalue weighted by molar-refractivity contribution is -0.0321. The van der Waals surface area contributed by atoms with Crippen molar-refractivity contribution in [2.24, 2.45) is 0 Å². The minimum absolute atomic E-state index is 0.0471.